The summed E-state index contributed by atoms with van der Waals surface area (Å²) in [6.07, 6.45) is 9.17. The number of nitrogens with one attached hydrogen (secondary N) is 2. The molecule has 0 bridgehead atoms. The number of carbonyl (C=O) groups is 2. The highest BCUT2D eigenvalue weighted by Crippen LogP contribution is 2.59. The fourth-order valence-corrected chi connectivity index (χ4v) is 10.2. The Hall–Kier alpha value is -2.86. The maximum Gasteiger partial charge on any atom is 0.232 e. The van der Waals surface area contributed by atoms with Crippen LogP contribution in [0.25, 0.3) is 0 Å². The van der Waals surface area contributed by atoms with Crippen LogP contribution in [0.2, 0.25) is 0 Å². The molecule has 0 unspecified atom stereocenters. The molecule has 0 heterocycles. The SMILES string of the molecule is CNCCOc1ccc2c(c1)[C@@]1(C)CCC[C@](C)(C(=O)NC(=O)[C@@]3(C)CCC[C@]4(C)c5cc(O)ccc5CC[C@@H]34)[C@@H]1CC2. The standard InChI is InChI=1S/C37H50N2O4/c1-34-16-6-18-36(3,30(34)14-10-24-8-12-26(40)22-28(24)34)32(41)39-33(42)37(4)19-7-17-35(2)29-23-27(43-21-20-38-5)13-9-25(29)11-15-31(35)37/h8-9,12-13,22-23,30-31,38,40H,6-7,10-11,14-21H2,1-5H3,(H,39,41,42)/t30-,31-,34-,35-,36+,37+/m1/s1. The summed E-state index contributed by atoms with van der Waals surface area (Å²) in [4.78, 5) is 28.6. The number of fused-ring (bicyclic) bond motifs is 6. The lowest BCUT2D eigenvalue weighted by Crippen LogP contribution is -2.60. The van der Waals surface area contributed by atoms with Gasteiger partial charge in [-0.25, -0.2) is 0 Å². The van der Waals surface area contributed by atoms with Crippen LogP contribution in [0.3, 0.4) is 0 Å². The smallest absolute Gasteiger partial charge is 0.232 e. The van der Waals surface area contributed by atoms with Crippen molar-refractivity contribution in [1.82, 2.24) is 10.6 Å². The molecule has 43 heavy (non-hydrogen) atoms. The third-order valence-corrected chi connectivity index (χ3v) is 12.6. The second kappa shape index (κ2) is 10.9. The van der Waals surface area contributed by atoms with Crippen LogP contribution in [-0.4, -0.2) is 37.1 Å². The van der Waals surface area contributed by atoms with E-state index in [0.717, 1.165) is 76.5 Å². The number of rotatable bonds is 6. The topological polar surface area (TPSA) is 87.7 Å². The van der Waals surface area contributed by atoms with Gasteiger partial charge < -0.3 is 15.2 Å². The van der Waals surface area contributed by atoms with Crippen LogP contribution >= 0.6 is 0 Å². The second-order valence-electron chi connectivity index (χ2n) is 15.0. The van der Waals surface area contributed by atoms with Crippen LogP contribution < -0.4 is 15.4 Å². The first kappa shape index (κ1) is 30.2. The molecule has 6 nitrogen and oxygen atoms in total. The Labute approximate surface area is 257 Å². The number of benzene rings is 2. The summed E-state index contributed by atoms with van der Waals surface area (Å²) in [6, 6.07) is 12.2. The molecule has 2 fully saturated rings. The van der Waals surface area contributed by atoms with Gasteiger partial charge in [0.2, 0.25) is 11.8 Å². The minimum absolute atomic E-state index is 0.0966. The van der Waals surface area contributed by atoms with Crippen molar-refractivity contribution in [3.8, 4) is 11.5 Å². The van der Waals surface area contributed by atoms with E-state index in [9.17, 15) is 14.7 Å². The molecule has 2 aromatic rings. The number of hydrogen-bond acceptors (Lipinski definition) is 5. The van der Waals surface area contributed by atoms with E-state index in [1.807, 2.05) is 19.2 Å². The molecule has 0 aliphatic heterocycles. The molecule has 2 amide bonds. The van der Waals surface area contributed by atoms with Crippen LogP contribution in [0.1, 0.15) is 101 Å². The van der Waals surface area contributed by atoms with E-state index in [2.05, 4.69) is 56.5 Å². The Kier molecular flexibility index (Phi) is 7.68. The number of ether oxygens (including phenoxy) is 1. The maximum absolute atomic E-state index is 14.4. The van der Waals surface area contributed by atoms with E-state index in [-0.39, 0.29) is 40.2 Å². The molecule has 0 saturated heterocycles. The monoisotopic (exact) mass is 586 g/mol. The summed E-state index contributed by atoms with van der Waals surface area (Å²) < 4.78 is 6.05. The molecule has 4 aliphatic carbocycles. The summed E-state index contributed by atoms with van der Waals surface area (Å²) in [5, 5.41) is 16.5. The predicted octanol–water partition coefficient (Wildman–Crippen LogP) is 6.35. The third-order valence-electron chi connectivity index (χ3n) is 12.6. The van der Waals surface area contributed by atoms with Gasteiger partial charge in [0, 0.05) is 6.54 Å². The molecule has 6 heteroatoms. The Balaban J connectivity index is 1.25. The lowest BCUT2D eigenvalue weighted by Gasteiger charge is -2.56. The van der Waals surface area contributed by atoms with Crippen LogP contribution in [0, 0.1) is 22.7 Å². The number of likely N-dealkylation sites (N-methyl/N-ethyl adjacent to an activating group) is 1. The number of aromatic hydroxyl groups is 1. The molecule has 3 N–H and O–H groups in total. The summed E-state index contributed by atoms with van der Waals surface area (Å²) >= 11 is 0. The number of hydrogen-bond donors (Lipinski definition) is 3. The van der Waals surface area contributed by atoms with Crippen molar-refractivity contribution in [3.63, 3.8) is 0 Å². The molecule has 0 radical (unpaired) electrons. The lowest BCUT2D eigenvalue weighted by molar-refractivity contribution is -0.150. The molecular formula is C37H50N2O4. The fraction of sp³-hybridized carbons (Fsp3) is 0.622. The summed E-state index contributed by atoms with van der Waals surface area (Å²) in [6.45, 7) is 10.2. The highest BCUT2D eigenvalue weighted by molar-refractivity contribution is 6.00. The average Bonchev–Trinajstić information content (AvgIpc) is 2.97. The van der Waals surface area contributed by atoms with Gasteiger partial charge in [0.1, 0.15) is 18.1 Å². The van der Waals surface area contributed by atoms with Crippen molar-refractivity contribution in [1.29, 1.82) is 0 Å². The zero-order valence-corrected chi connectivity index (χ0v) is 26.8. The lowest BCUT2D eigenvalue weighted by atomic mass is 9.49. The van der Waals surface area contributed by atoms with Crippen molar-refractivity contribution in [3.05, 3.63) is 58.7 Å². The molecule has 0 aromatic heterocycles. The van der Waals surface area contributed by atoms with Gasteiger partial charge in [-0.15, -0.1) is 0 Å². The van der Waals surface area contributed by atoms with Crippen molar-refractivity contribution < 1.29 is 19.4 Å². The Morgan fingerprint density at radius 2 is 1.35 bits per heavy atom. The molecule has 0 spiro atoms. The van der Waals surface area contributed by atoms with Crippen molar-refractivity contribution >= 4 is 11.8 Å². The first-order valence-corrected chi connectivity index (χ1v) is 16.5. The normalized spacial score (nSPS) is 34.6. The van der Waals surface area contributed by atoms with Gasteiger partial charge in [0.25, 0.3) is 0 Å². The van der Waals surface area contributed by atoms with Crippen LogP contribution in [0.15, 0.2) is 36.4 Å². The zero-order valence-electron chi connectivity index (χ0n) is 26.8. The van der Waals surface area contributed by atoms with E-state index in [4.69, 9.17) is 4.74 Å². The van der Waals surface area contributed by atoms with Gasteiger partial charge in [0.05, 0.1) is 10.8 Å². The van der Waals surface area contributed by atoms with E-state index in [1.165, 1.54) is 22.3 Å². The number of aryl methyl sites for hydroxylation is 2. The number of imide groups is 1. The second-order valence-corrected chi connectivity index (χ2v) is 15.0. The van der Waals surface area contributed by atoms with Crippen LogP contribution in [0.5, 0.6) is 11.5 Å². The Bertz CT molecular complexity index is 1420. The van der Waals surface area contributed by atoms with Gasteiger partial charge in [-0.2, -0.15) is 0 Å². The molecule has 6 rings (SSSR count). The Morgan fingerprint density at radius 3 is 1.91 bits per heavy atom. The predicted molar refractivity (Wildman–Crippen MR) is 169 cm³/mol. The Morgan fingerprint density at radius 1 is 0.814 bits per heavy atom. The van der Waals surface area contributed by atoms with Gasteiger partial charge in [0.15, 0.2) is 0 Å². The summed E-state index contributed by atoms with van der Waals surface area (Å²) in [5.41, 5.74) is 3.52. The average molecular weight is 587 g/mol. The summed E-state index contributed by atoms with van der Waals surface area (Å²) in [5.74, 6) is 1.23. The third kappa shape index (κ3) is 4.79. The molecule has 2 saturated carbocycles. The first-order valence-electron chi connectivity index (χ1n) is 16.5. The summed E-state index contributed by atoms with van der Waals surface area (Å²) in [7, 11) is 1.92. The molecular weight excluding hydrogens is 536 g/mol. The molecule has 232 valence electrons. The number of amides is 2. The number of phenolic OH excluding ortho intramolecular Hbond substituents is 1. The van der Waals surface area contributed by atoms with Crippen molar-refractivity contribution in [2.75, 3.05) is 20.2 Å². The van der Waals surface area contributed by atoms with E-state index in [0.29, 0.717) is 6.61 Å². The van der Waals surface area contributed by atoms with Gasteiger partial charge in [-0.3, -0.25) is 14.9 Å². The van der Waals surface area contributed by atoms with Crippen molar-refractivity contribution in [2.45, 2.75) is 103 Å². The van der Waals surface area contributed by atoms with E-state index < -0.39 is 10.8 Å². The van der Waals surface area contributed by atoms with Gasteiger partial charge in [-0.1, -0.05) is 52.7 Å². The maximum atomic E-state index is 14.4. The molecule has 4 aliphatic rings. The highest BCUT2D eigenvalue weighted by Gasteiger charge is 2.58. The fourth-order valence-electron chi connectivity index (χ4n) is 10.2. The van der Waals surface area contributed by atoms with Crippen LogP contribution in [-0.2, 0) is 33.3 Å². The van der Waals surface area contributed by atoms with E-state index >= 15 is 0 Å². The molecule has 2 aromatic carbocycles. The van der Waals surface area contributed by atoms with Gasteiger partial charge >= 0.3 is 0 Å². The molecule has 6 atom stereocenters. The minimum atomic E-state index is -0.640. The largest absolute Gasteiger partial charge is 0.508 e. The van der Waals surface area contributed by atoms with Gasteiger partial charge in [-0.05, 0) is 128 Å². The highest BCUT2D eigenvalue weighted by atomic mass is 16.5. The zero-order chi connectivity index (χ0) is 30.6. The number of phenols is 1. The quantitative estimate of drug-likeness (QED) is 0.271. The number of carbonyl (C=O) groups excluding carboxylic acids is 2. The first-order chi connectivity index (χ1) is 20.5. The minimum Gasteiger partial charge on any atom is -0.508 e. The van der Waals surface area contributed by atoms with E-state index in [1.54, 1.807) is 6.07 Å². The van der Waals surface area contributed by atoms with Crippen LogP contribution in [0.4, 0.5) is 0 Å². The van der Waals surface area contributed by atoms with Crippen molar-refractivity contribution in [2.24, 2.45) is 22.7 Å².